The molecule has 3 rings (SSSR count). The first kappa shape index (κ1) is 15.4. The maximum Gasteiger partial charge on any atom is 0.374 e. The number of carbonyl (C=O) groups excluding carboxylic acids is 1. The average molecular weight is 332 g/mol. The Morgan fingerprint density at radius 1 is 1.26 bits per heavy atom. The van der Waals surface area contributed by atoms with Crippen LogP contribution >= 0.6 is 11.6 Å². The van der Waals surface area contributed by atoms with Crippen molar-refractivity contribution in [3.05, 3.63) is 59.1 Å². The molecule has 0 aliphatic heterocycles. The Morgan fingerprint density at radius 2 is 2.09 bits per heavy atom. The van der Waals surface area contributed by atoms with Gasteiger partial charge in [0.25, 0.3) is 0 Å². The summed E-state index contributed by atoms with van der Waals surface area (Å²) in [4.78, 5) is 16.1. The van der Waals surface area contributed by atoms with Gasteiger partial charge in [-0.25, -0.2) is 9.78 Å². The Labute approximate surface area is 137 Å². The van der Waals surface area contributed by atoms with Crippen LogP contribution in [0.2, 0.25) is 5.15 Å². The Balaban J connectivity index is 1.96. The number of aromatic nitrogens is 1. The van der Waals surface area contributed by atoms with Crippen LogP contribution in [0.5, 0.6) is 5.75 Å². The zero-order valence-electron chi connectivity index (χ0n) is 12.4. The molecular weight excluding hydrogens is 318 g/mol. The molecule has 118 valence electrons. The number of esters is 1. The average Bonchev–Trinajstić information content (AvgIpc) is 2.93. The molecule has 5 nitrogen and oxygen atoms in total. The third kappa shape index (κ3) is 3.14. The van der Waals surface area contributed by atoms with E-state index >= 15 is 0 Å². The fourth-order valence-electron chi connectivity index (χ4n) is 2.23. The molecule has 0 aliphatic rings. The van der Waals surface area contributed by atoms with Crippen LogP contribution in [-0.2, 0) is 11.3 Å². The van der Waals surface area contributed by atoms with Crippen molar-refractivity contribution in [2.45, 2.75) is 13.5 Å². The standard InChI is InChI=1S/C17H14ClNO4/c1-2-21-17(20)15-12(11-6-3-4-7-13(11)23-15)10-22-14-8-5-9-19-16(14)18/h3-9H,2,10H2,1H3. The van der Waals surface area contributed by atoms with Crippen LogP contribution in [0.1, 0.15) is 23.0 Å². The molecule has 2 aromatic heterocycles. The van der Waals surface area contributed by atoms with Crippen LogP contribution in [-0.4, -0.2) is 17.6 Å². The molecule has 0 radical (unpaired) electrons. The second kappa shape index (κ2) is 6.71. The van der Waals surface area contributed by atoms with Gasteiger partial charge in [0.15, 0.2) is 10.9 Å². The summed E-state index contributed by atoms with van der Waals surface area (Å²) in [6.45, 7) is 2.13. The molecule has 0 fully saturated rings. The molecule has 1 aromatic carbocycles. The molecule has 3 aromatic rings. The van der Waals surface area contributed by atoms with Gasteiger partial charge in [-0.15, -0.1) is 0 Å². The van der Waals surface area contributed by atoms with Crippen LogP contribution in [0.3, 0.4) is 0 Å². The number of carbonyl (C=O) groups is 1. The highest BCUT2D eigenvalue weighted by Crippen LogP contribution is 2.29. The molecule has 0 spiro atoms. The third-order valence-corrected chi connectivity index (χ3v) is 3.54. The van der Waals surface area contributed by atoms with E-state index in [2.05, 4.69) is 4.98 Å². The van der Waals surface area contributed by atoms with Crippen molar-refractivity contribution in [2.24, 2.45) is 0 Å². The van der Waals surface area contributed by atoms with E-state index in [0.29, 0.717) is 16.9 Å². The van der Waals surface area contributed by atoms with Crippen LogP contribution in [0.4, 0.5) is 0 Å². The second-order valence-electron chi connectivity index (χ2n) is 4.71. The molecule has 0 N–H and O–H groups in total. The van der Waals surface area contributed by atoms with E-state index in [4.69, 9.17) is 25.5 Å². The molecular formula is C17H14ClNO4. The van der Waals surface area contributed by atoms with E-state index < -0.39 is 5.97 Å². The molecule has 0 bridgehead atoms. The van der Waals surface area contributed by atoms with E-state index in [1.54, 1.807) is 31.3 Å². The number of pyridine rings is 1. The molecule has 0 aliphatic carbocycles. The highest BCUT2D eigenvalue weighted by molar-refractivity contribution is 6.30. The van der Waals surface area contributed by atoms with E-state index in [1.807, 2.05) is 18.2 Å². The Bertz CT molecular complexity index is 843. The number of hydrogen-bond donors (Lipinski definition) is 0. The van der Waals surface area contributed by atoms with E-state index in [1.165, 1.54) is 0 Å². The fourth-order valence-corrected chi connectivity index (χ4v) is 2.41. The third-order valence-electron chi connectivity index (χ3n) is 3.26. The van der Waals surface area contributed by atoms with Crippen molar-refractivity contribution in [1.82, 2.24) is 4.98 Å². The van der Waals surface area contributed by atoms with E-state index in [9.17, 15) is 4.79 Å². The molecule has 0 atom stereocenters. The van der Waals surface area contributed by atoms with Gasteiger partial charge in [0, 0.05) is 11.6 Å². The SMILES string of the molecule is CCOC(=O)c1oc2ccccc2c1COc1cccnc1Cl. The fraction of sp³-hybridized carbons (Fsp3) is 0.176. The van der Waals surface area contributed by atoms with Gasteiger partial charge in [-0.2, -0.15) is 0 Å². The number of hydrogen-bond acceptors (Lipinski definition) is 5. The summed E-state index contributed by atoms with van der Waals surface area (Å²) in [6.07, 6.45) is 1.58. The lowest BCUT2D eigenvalue weighted by Gasteiger charge is -2.07. The van der Waals surface area contributed by atoms with Crippen molar-refractivity contribution in [2.75, 3.05) is 6.61 Å². The number of benzene rings is 1. The van der Waals surface area contributed by atoms with Gasteiger partial charge >= 0.3 is 5.97 Å². The lowest BCUT2D eigenvalue weighted by Crippen LogP contribution is -2.08. The predicted octanol–water partition coefficient (Wildman–Crippen LogP) is 4.24. The molecule has 0 unspecified atom stereocenters. The summed E-state index contributed by atoms with van der Waals surface area (Å²) in [6, 6.07) is 10.8. The van der Waals surface area contributed by atoms with Crippen LogP contribution in [0, 0.1) is 0 Å². The molecule has 0 saturated carbocycles. The topological polar surface area (TPSA) is 61.6 Å². The van der Waals surface area contributed by atoms with Gasteiger partial charge in [0.2, 0.25) is 5.76 Å². The number of halogens is 1. The Kier molecular flexibility index (Phi) is 4.48. The van der Waals surface area contributed by atoms with Gasteiger partial charge in [-0.05, 0) is 25.1 Å². The van der Waals surface area contributed by atoms with Gasteiger partial charge in [-0.3, -0.25) is 0 Å². The molecule has 23 heavy (non-hydrogen) atoms. The number of furan rings is 1. The summed E-state index contributed by atoms with van der Waals surface area (Å²) in [5, 5.41) is 1.06. The summed E-state index contributed by atoms with van der Waals surface area (Å²) in [5.74, 6) is 0.0712. The predicted molar refractivity (Wildman–Crippen MR) is 85.7 cm³/mol. The number of fused-ring (bicyclic) bond motifs is 1. The van der Waals surface area contributed by atoms with Crippen molar-refractivity contribution in [1.29, 1.82) is 0 Å². The minimum atomic E-state index is -0.514. The van der Waals surface area contributed by atoms with Crippen LogP contribution in [0.25, 0.3) is 11.0 Å². The van der Waals surface area contributed by atoms with Crippen LogP contribution < -0.4 is 4.74 Å². The van der Waals surface area contributed by atoms with E-state index in [-0.39, 0.29) is 24.1 Å². The lowest BCUT2D eigenvalue weighted by atomic mass is 10.1. The molecule has 2 heterocycles. The molecule has 6 heteroatoms. The largest absolute Gasteiger partial charge is 0.485 e. The van der Waals surface area contributed by atoms with Crippen molar-refractivity contribution >= 4 is 28.5 Å². The summed E-state index contributed by atoms with van der Waals surface area (Å²) >= 11 is 5.98. The maximum atomic E-state index is 12.1. The molecule has 0 amide bonds. The molecule has 0 saturated heterocycles. The minimum Gasteiger partial charge on any atom is -0.485 e. The number of ether oxygens (including phenoxy) is 2. The van der Waals surface area contributed by atoms with E-state index in [0.717, 1.165) is 5.39 Å². The van der Waals surface area contributed by atoms with Crippen molar-refractivity contribution in [3.8, 4) is 5.75 Å². The quantitative estimate of drug-likeness (QED) is 0.517. The van der Waals surface area contributed by atoms with Crippen molar-refractivity contribution < 1.29 is 18.7 Å². The zero-order chi connectivity index (χ0) is 16.2. The minimum absolute atomic E-state index is 0.122. The highest BCUT2D eigenvalue weighted by Gasteiger charge is 2.22. The van der Waals surface area contributed by atoms with Gasteiger partial charge < -0.3 is 13.9 Å². The summed E-state index contributed by atoms with van der Waals surface area (Å²) < 4.78 is 16.4. The van der Waals surface area contributed by atoms with Crippen molar-refractivity contribution in [3.63, 3.8) is 0 Å². The normalized spacial score (nSPS) is 10.7. The smallest absolute Gasteiger partial charge is 0.374 e. The Morgan fingerprint density at radius 3 is 2.87 bits per heavy atom. The number of para-hydroxylation sites is 1. The first-order valence-electron chi connectivity index (χ1n) is 7.11. The Hall–Kier alpha value is -2.53. The van der Waals surface area contributed by atoms with Gasteiger partial charge in [-0.1, -0.05) is 29.8 Å². The second-order valence-corrected chi connectivity index (χ2v) is 5.07. The lowest BCUT2D eigenvalue weighted by molar-refractivity contribution is 0.0488. The summed E-state index contributed by atoms with van der Waals surface area (Å²) in [7, 11) is 0. The zero-order valence-corrected chi connectivity index (χ0v) is 13.2. The monoisotopic (exact) mass is 331 g/mol. The number of rotatable bonds is 5. The maximum absolute atomic E-state index is 12.1. The highest BCUT2D eigenvalue weighted by atomic mass is 35.5. The van der Waals surface area contributed by atoms with Gasteiger partial charge in [0.1, 0.15) is 12.2 Å². The number of nitrogens with zero attached hydrogens (tertiary/aromatic N) is 1. The van der Waals surface area contributed by atoms with Gasteiger partial charge in [0.05, 0.1) is 12.2 Å². The summed E-state index contributed by atoms with van der Waals surface area (Å²) in [5.41, 5.74) is 1.23. The van der Waals surface area contributed by atoms with Crippen LogP contribution in [0.15, 0.2) is 47.0 Å². The first-order chi connectivity index (χ1) is 11.2. The first-order valence-corrected chi connectivity index (χ1v) is 7.49.